The molecule has 1 fully saturated rings. The lowest BCUT2D eigenvalue weighted by Gasteiger charge is -2.23. The third-order valence-corrected chi connectivity index (χ3v) is 7.43. The number of para-hydroxylation sites is 1. The maximum absolute atomic E-state index is 13.3. The van der Waals surface area contributed by atoms with E-state index in [2.05, 4.69) is 0 Å². The van der Waals surface area contributed by atoms with E-state index in [9.17, 15) is 13.2 Å². The van der Waals surface area contributed by atoms with Crippen molar-refractivity contribution in [1.82, 2.24) is 4.98 Å². The Morgan fingerprint density at radius 3 is 2.63 bits per heavy atom. The lowest BCUT2D eigenvalue weighted by molar-refractivity contribution is -0.118. The van der Waals surface area contributed by atoms with E-state index in [0.717, 1.165) is 40.8 Å². The summed E-state index contributed by atoms with van der Waals surface area (Å²) in [5.41, 5.74) is 2.76. The lowest BCUT2D eigenvalue weighted by Crippen LogP contribution is -2.38. The fraction of sp³-hybridized carbons (Fsp3) is 0.364. The van der Waals surface area contributed by atoms with Crippen LogP contribution in [0.25, 0.3) is 10.2 Å². The Bertz CT molecular complexity index is 1160. The molecule has 0 aliphatic carbocycles. The molecule has 0 N–H and O–H groups in total. The van der Waals surface area contributed by atoms with Crippen molar-refractivity contribution in [3.05, 3.63) is 53.6 Å². The Kier molecular flexibility index (Phi) is 5.90. The SMILES string of the molecule is Cc1cccc2sc(N(C[C@@H]3CCCO3)C(=O)Cc3ccc(S(C)(=O)=O)cc3)nc12. The molecule has 30 heavy (non-hydrogen) atoms. The zero-order valence-corrected chi connectivity index (χ0v) is 18.6. The van der Waals surface area contributed by atoms with Gasteiger partial charge in [0.1, 0.15) is 0 Å². The van der Waals surface area contributed by atoms with Crippen molar-refractivity contribution in [2.75, 3.05) is 24.3 Å². The number of hydrogen-bond acceptors (Lipinski definition) is 6. The summed E-state index contributed by atoms with van der Waals surface area (Å²) in [7, 11) is -3.26. The van der Waals surface area contributed by atoms with Crippen LogP contribution in [0.4, 0.5) is 5.13 Å². The summed E-state index contributed by atoms with van der Waals surface area (Å²) in [6, 6.07) is 12.5. The first-order chi connectivity index (χ1) is 14.3. The summed E-state index contributed by atoms with van der Waals surface area (Å²) in [5, 5.41) is 0.674. The van der Waals surface area contributed by atoms with Gasteiger partial charge in [-0.05, 0) is 49.1 Å². The fourth-order valence-corrected chi connectivity index (χ4v) is 5.29. The van der Waals surface area contributed by atoms with E-state index in [-0.39, 0.29) is 23.3 Å². The smallest absolute Gasteiger partial charge is 0.233 e. The Balaban J connectivity index is 1.61. The van der Waals surface area contributed by atoms with Crippen molar-refractivity contribution in [3.63, 3.8) is 0 Å². The van der Waals surface area contributed by atoms with Crippen LogP contribution in [-0.4, -0.2) is 44.8 Å². The van der Waals surface area contributed by atoms with E-state index in [1.807, 2.05) is 25.1 Å². The second-order valence-corrected chi connectivity index (χ2v) is 10.7. The van der Waals surface area contributed by atoms with Crippen LogP contribution < -0.4 is 4.90 Å². The van der Waals surface area contributed by atoms with Crippen LogP contribution in [-0.2, 0) is 25.8 Å². The summed E-state index contributed by atoms with van der Waals surface area (Å²) in [6.07, 6.45) is 3.28. The monoisotopic (exact) mass is 444 g/mol. The average Bonchev–Trinajstić information content (AvgIpc) is 3.36. The minimum atomic E-state index is -3.26. The average molecular weight is 445 g/mol. The molecule has 2 aromatic carbocycles. The molecule has 1 atom stereocenters. The molecule has 8 heteroatoms. The molecule has 0 unspecified atom stereocenters. The van der Waals surface area contributed by atoms with Gasteiger partial charge in [-0.1, -0.05) is 35.6 Å². The van der Waals surface area contributed by atoms with E-state index in [1.54, 1.807) is 29.2 Å². The van der Waals surface area contributed by atoms with Gasteiger partial charge in [0.2, 0.25) is 5.91 Å². The van der Waals surface area contributed by atoms with Gasteiger partial charge in [0.05, 0.1) is 34.2 Å². The summed E-state index contributed by atoms with van der Waals surface area (Å²) < 4.78 is 30.2. The number of anilines is 1. The van der Waals surface area contributed by atoms with Crippen LogP contribution in [0.2, 0.25) is 0 Å². The first kappa shape index (κ1) is 21.0. The molecule has 0 spiro atoms. The van der Waals surface area contributed by atoms with E-state index < -0.39 is 9.84 Å². The maximum Gasteiger partial charge on any atom is 0.233 e. The third kappa shape index (κ3) is 4.55. The predicted molar refractivity (Wildman–Crippen MR) is 119 cm³/mol. The number of sulfone groups is 1. The summed E-state index contributed by atoms with van der Waals surface area (Å²) in [6.45, 7) is 3.21. The third-order valence-electron chi connectivity index (χ3n) is 5.26. The molecule has 158 valence electrons. The number of benzene rings is 2. The number of aromatic nitrogens is 1. The zero-order valence-electron chi connectivity index (χ0n) is 17.0. The molecule has 0 bridgehead atoms. The number of carbonyl (C=O) groups excluding carboxylic acids is 1. The van der Waals surface area contributed by atoms with Crippen molar-refractivity contribution < 1.29 is 17.9 Å². The number of carbonyl (C=O) groups is 1. The molecule has 1 amide bonds. The molecular weight excluding hydrogens is 420 g/mol. The van der Waals surface area contributed by atoms with Gasteiger partial charge in [-0.15, -0.1) is 0 Å². The van der Waals surface area contributed by atoms with Crippen LogP contribution in [0.3, 0.4) is 0 Å². The molecule has 1 saturated heterocycles. The van der Waals surface area contributed by atoms with Crippen molar-refractivity contribution in [3.8, 4) is 0 Å². The number of aryl methyl sites for hydroxylation is 1. The number of hydrogen-bond donors (Lipinski definition) is 0. The van der Waals surface area contributed by atoms with Gasteiger partial charge in [-0.3, -0.25) is 9.69 Å². The summed E-state index contributed by atoms with van der Waals surface area (Å²) in [5.74, 6) is -0.0747. The minimum absolute atomic E-state index is 0.00895. The van der Waals surface area contributed by atoms with Gasteiger partial charge in [0.25, 0.3) is 0 Å². The van der Waals surface area contributed by atoms with Gasteiger partial charge >= 0.3 is 0 Å². The Morgan fingerprint density at radius 1 is 1.23 bits per heavy atom. The first-order valence-corrected chi connectivity index (χ1v) is 12.6. The van der Waals surface area contributed by atoms with E-state index in [1.165, 1.54) is 17.6 Å². The van der Waals surface area contributed by atoms with Crippen LogP contribution in [0, 0.1) is 6.92 Å². The molecule has 2 heterocycles. The topological polar surface area (TPSA) is 76.6 Å². The number of rotatable bonds is 6. The Hall–Kier alpha value is -2.29. The van der Waals surface area contributed by atoms with Gasteiger partial charge in [-0.25, -0.2) is 13.4 Å². The standard InChI is InChI=1S/C22H24N2O4S2/c1-15-5-3-7-19-21(15)23-22(29-19)24(14-17-6-4-12-28-17)20(25)13-16-8-10-18(11-9-16)30(2,26)27/h3,5,7-11,17H,4,6,12-14H2,1-2H3/t17-/m0/s1. The van der Waals surface area contributed by atoms with Gasteiger partial charge in [0.15, 0.2) is 15.0 Å². The van der Waals surface area contributed by atoms with Gasteiger partial charge in [-0.2, -0.15) is 0 Å². The number of fused-ring (bicyclic) bond motifs is 1. The summed E-state index contributed by atoms with van der Waals surface area (Å²) in [4.78, 5) is 20.0. The molecule has 0 saturated carbocycles. The van der Waals surface area contributed by atoms with Crippen LogP contribution in [0.1, 0.15) is 24.0 Å². The normalized spacial score (nSPS) is 16.8. The highest BCUT2D eigenvalue weighted by molar-refractivity contribution is 7.90. The van der Waals surface area contributed by atoms with Crippen LogP contribution in [0.15, 0.2) is 47.4 Å². The molecule has 1 aliphatic rings. The zero-order chi connectivity index (χ0) is 21.3. The molecule has 1 aliphatic heterocycles. The van der Waals surface area contributed by atoms with Crippen molar-refractivity contribution in [2.45, 2.75) is 37.2 Å². The highest BCUT2D eigenvalue weighted by Gasteiger charge is 2.26. The fourth-order valence-electron chi connectivity index (χ4n) is 3.59. The summed E-state index contributed by atoms with van der Waals surface area (Å²) >= 11 is 1.51. The second-order valence-electron chi connectivity index (χ2n) is 7.65. The van der Waals surface area contributed by atoms with Gasteiger partial charge in [0, 0.05) is 12.9 Å². The minimum Gasteiger partial charge on any atom is -0.376 e. The predicted octanol–water partition coefficient (Wildman–Crippen LogP) is 3.76. The molecule has 0 radical (unpaired) electrons. The first-order valence-electron chi connectivity index (χ1n) is 9.88. The van der Waals surface area contributed by atoms with Gasteiger partial charge < -0.3 is 4.74 Å². The molecule has 4 rings (SSSR count). The molecular formula is C22H24N2O4S2. The Morgan fingerprint density at radius 2 is 2.00 bits per heavy atom. The van der Waals surface area contributed by atoms with Crippen LogP contribution in [0.5, 0.6) is 0 Å². The maximum atomic E-state index is 13.3. The van der Waals surface area contributed by atoms with E-state index in [4.69, 9.17) is 9.72 Å². The lowest BCUT2D eigenvalue weighted by atomic mass is 10.1. The number of thiazole rings is 1. The van der Waals surface area contributed by atoms with Crippen molar-refractivity contribution >= 4 is 42.4 Å². The van der Waals surface area contributed by atoms with Crippen LogP contribution >= 0.6 is 11.3 Å². The number of ether oxygens (including phenoxy) is 1. The highest BCUT2D eigenvalue weighted by Crippen LogP contribution is 2.32. The number of amides is 1. The van der Waals surface area contributed by atoms with E-state index >= 15 is 0 Å². The molecule has 6 nitrogen and oxygen atoms in total. The van der Waals surface area contributed by atoms with E-state index in [0.29, 0.717) is 11.7 Å². The van der Waals surface area contributed by atoms with Crippen molar-refractivity contribution in [1.29, 1.82) is 0 Å². The molecule has 1 aromatic heterocycles. The molecule has 3 aromatic rings. The highest BCUT2D eigenvalue weighted by atomic mass is 32.2. The largest absolute Gasteiger partial charge is 0.376 e. The quantitative estimate of drug-likeness (QED) is 0.579. The van der Waals surface area contributed by atoms with Crippen molar-refractivity contribution in [2.24, 2.45) is 0 Å². The number of nitrogens with zero attached hydrogens (tertiary/aromatic N) is 2. The Labute approximate surface area is 180 Å². The second kappa shape index (κ2) is 8.45.